The molecule has 0 saturated carbocycles. The van der Waals surface area contributed by atoms with Gasteiger partial charge < -0.3 is 5.32 Å². The van der Waals surface area contributed by atoms with E-state index in [1.807, 2.05) is 0 Å². The van der Waals surface area contributed by atoms with E-state index in [1.165, 1.54) is 122 Å². The number of hydrogen-bond donors (Lipinski definition) is 1. The van der Waals surface area contributed by atoms with Gasteiger partial charge in [0, 0.05) is 0 Å². The van der Waals surface area contributed by atoms with Gasteiger partial charge in [-0.3, -0.25) is 0 Å². The Kier molecular flexibility index (Phi) is 15.8. The van der Waals surface area contributed by atoms with Crippen molar-refractivity contribution >= 4 is 0 Å². The molecule has 0 aromatic heterocycles. The first kappa shape index (κ1) is 24.0. The predicted octanol–water partition coefficient (Wildman–Crippen LogP) is 8.09. The standard InChI is InChI=1S/C25H50N/c1-4-5-6-7-8-9-10-11-12-13-14-15-16-17-18-23(2)24(3)21-25-19-20-26-22-25/h24-26H,4-22H2,1-3H3. The Morgan fingerprint density at radius 1 is 0.808 bits per heavy atom. The van der Waals surface area contributed by atoms with Crippen molar-refractivity contribution in [3.8, 4) is 0 Å². The number of nitrogens with one attached hydrogen (secondary N) is 1. The van der Waals surface area contributed by atoms with Crippen LogP contribution in [0, 0.1) is 17.8 Å². The molecule has 0 aromatic rings. The van der Waals surface area contributed by atoms with Crippen LogP contribution in [0.4, 0.5) is 0 Å². The minimum atomic E-state index is 0.835. The van der Waals surface area contributed by atoms with Crippen LogP contribution in [0.15, 0.2) is 0 Å². The van der Waals surface area contributed by atoms with Crippen molar-refractivity contribution in [2.24, 2.45) is 11.8 Å². The Balaban J connectivity index is 1.78. The maximum absolute atomic E-state index is 3.51. The fourth-order valence-corrected chi connectivity index (χ4v) is 4.46. The van der Waals surface area contributed by atoms with Crippen LogP contribution in [0.3, 0.4) is 0 Å². The van der Waals surface area contributed by atoms with E-state index in [2.05, 4.69) is 26.1 Å². The normalized spacial score (nSPS) is 18.7. The van der Waals surface area contributed by atoms with Gasteiger partial charge >= 0.3 is 0 Å². The van der Waals surface area contributed by atoms with Crippen LogP contribution in [-0.4, -0.2) is 13.1 Å². The first-order valence-corrected chi connectivity index (χ1v) is 12.3. The fraction of sp³-hybridized carbons (Fsp3) is 0.960. The van der Waals surface area contributed by atoms with Gasteiger partial charge in [-0.05, 0) is 50.1 Å². The molecule has 1 nitrogen and oxygen atoms in total. The summed E-state index contributed by atoms with van der Waals surface area (Å²) in [6.45, 7) is 9.67. The molecule has 0 aromatic carbocycles. The number of rotatable bonds is 18. The maximum atomic E-state index is 3.51. The van der Waals surface area contributed by atoms with Crippen LogP contribution in [-0.2, 0) is 0 Å². The van der Waals surface area contributed by atoms with Crippen molar-refractivity contribution in [3.63, 3.8) is 0 Å². The van der Waals surface area contributed by atoms with E-state index >= 15 is 0 Å². The molecule has 0 aliphatic carbocycles. The summed E-state index contributed by atoms with van der Waals surface area (Å²) in [5.74, 6) is 3.54. The van der Waals surface area contributed by atoms with E-state index in [-0.39, 0.29) is 0 Å². The summed E-state index contributed by atoms with van der Waals surface area (Å²) >= 11 is 0. The Morgan fingerprint density at radius 2 is 1.31 bits per heavy atom. The summed E-state index contributed by atoms with van der Waals surface area (Å²) in [5, 5.41) is 3.51. The highest BCUT2D eigenvalue weighted by molar-refractivity contribution is 4.91. The summed E-state index contributed by atoms with van der Waals surface area (Å²) in [6, 6.07) is 0. The Morgan fingerprint density at radius 3 is 1.77 bits per heavy atom. The van der Waals surface area contributed by atoms with Gasteiger partial charge in [-0.1, -0.05) is 111 Å². The van der Waals surface area contributed by atoms with E-state index in [4.69, 9.17) is 0 Å². The van der Waals surface area contributed by atoms with Gasteiger partial charge in [0.05, 0.1) is 0 Å². The van der Waals surface area contributed by atoms with Crippen molar-refractivity contribution in [1.29, 1.82) is 0 Å². The summed E-state index contributed by atoms with van der Waals surface area (Å²) in [4.78, 5) is 0. The molecule has 2 atom stereocenters. The fourth-order valence-electron chi connectivity index (χ4n) is 4.46. The topological polar surface area (TPSA) is 12.0 Å². The molecule has 1 aliphatic rings. The minimum Gasteiger partial charge on any atom is -0.316 e. The first-order chi connectivity index (χ1) is 12.7. The minimum absolute atomic E-state index is 0.835. The van der Waals surface area contributed by atoms with Gasteiger partial charge in [-0.15, -0.1) is 0 Å². The molecule has 1 saturated heterocycles. The third kappa shape index (κ3) is 13.2. The van der Waals surface area contributed by atoms with Crippen LogP contribution in [0.25, 0.3) is 0 Å². The van der Waals surface area contributed by atoms with Crippen molar-refractivity contribution in [2.75, 3.05) is 13.1 Å². The highest BCUT2D eigenvalue weighted by atomic mass is 14.9. The van der Waals surface area contributed by atoms with Crippen molar-refractivity contribution in [2.45, 2.75) is 130 Å². The Bertz CT molecular complexity index is 282. The second-order valence-electron chi connectivity index (χ2n) is 9.19. The second-order valence-corrected chi connectivity index (χ2v) is 9.19. The molecule has 0 bridgehead atoms. The van der Waals surface area contributed by atoms with Gasteiger partial charge in [-0.2, -0.15) is 0 Å². The lowest BCUT2D eigenvalue weighted by Gasteiger charge is -2.22. The van der Waals surface area contributed by atoms with E-state index in [0.717, 1.165) is 11.8 Å². The molecule has 1 aliphatic heterocycles. The van der Waals surface area contributed by atoms with Crippen LogP contribution in [0.2, 0.25) is 0 Å². The monoisotopic (exact) mass is 364 g/mol. The number of hydrogen-bond acceptors (Lipinski definition) is 1. The lowest BCUT2D eigenvalue weighted by Crippen LogP contribution is -2.14. The lowest BCUT2D eigenvalue weighted by atomic mass is 9.83. The summed E-state index contributed by atoms with van der Waals surface area (Å²) < 4.78 is 0. The predicted molar refractivity (Wildman–Crippen MR) is 119 cm³/mol. The van der Waals surface area contributed by atoms with Crippen LogP contribution in [0.1, 0.15) is 130 Å². The van der Waals surface area contributed by atoms with Gasteiger partial charge in [0.2, 0.25) is 0 Å². The third-order valence-corrected chi connectivity index (χ3v) is 6.62. The summed E-state index contributed by atoms with van der Waals surface area (Å²) in [6.07, 6.45) is 24.6. The van der Waals surface area contributed by atoms with Gasteiger partial charge in [-0.25, -0.2) is 0 Å². The van der Waals surface area contributed by atoms with Gasteiger partial charge in [0.1, 0.15) is 0 Å². The third-order valence-electron chi connectivity index (χ3n) is 6.62. The highest BCUT2D eigenvalue weighted by Gasteiger charge is 2.20. The SMILES string of the molecule is CCCCCCCCCCCCCCCC[C](C)C(C)CC1CCNC1. The highest BCUT2D eigenvalue weighted by Crippen LogP contribution is 2.28. The zero-order chi connectivity index (χ0) is 18.9. The van der Waals surface area contributed by atoms with Crippen LogP contribution >= 0.6 is 0 Å². The molecular formula is C25H50N. The van der Waals surface area contributed by atoms with Gasteiger partial charge in [0.15, 0.2) is 0 Å². The lowest BCUT2D eigenvalue weighted by molar-refractivity contribution is 0.406. The molecule has 1 radical (unpaired) electrons. The number of unbranched alkanes of at least 4 members (excludes halogenated alkanes) is 13. The van der Waals surface area contributed by atoms with E-state index in [9.17, 15) is 0 Å². The molecule has 1 fully saturated rings. The zero-order valence-electron chi connectivity index (χ0n) is 18.6. The second kappa shape index (κ2) is 17.1. The van der Waals surface area contributed by atoms with Crippen molar-refractivity contribution in [3.05, 3.63) is 5.92 Å². The average Bonchev–Trinajstić information content (AvgIpc) is 3.14. The molecule has 2 unspecified atom stereocenters. The van der Waals surface area contributed by atoms with Crippen LogP contribution < -0.4 is 5.32 Å². The average molecular weight is 365 g/mol. The van der Waals surface area contributed by atoms with Gasteiger partial charge in [0.25, 0.3) is 0 Å². The molecule has 0 amide bonds. The van der Waals surface area contributed by atoms with E-state index in [0.29, 0.717) is 0 Å². The first-order valence-electron chi connectivity index (χ1n) is 12.3. The smallest absolute Gasteiger partial charge is 0.00199 e. The molecule has 1 N–H and O–H groups in total. The summed E-state index contributed by atoms with van der Waals surface area (Å²) in [5.41, 5.74) is 0. The van der Waals surface area contributed by atoms with Crippen LogP contribution in [0.5, 0.6) is 0 Å². The molecule has 155 valence electrons. The molecule has 26 heavy (non-hydrogen) atoms. The molecular weight excluding hydrogens is 314 g/mol. The maximum Gasteiger partial charge on any atom is -0.00199 e. The zero-order valence-corrected chi connectivity index (χ0v) is 18.6. The van der Waals surface area contributed by atoms with Crippen molar-refractivity contribution in [1.82, 2.24) is 5.32 Å². The van der Waals surface area contributed by atoms with E-state index in [1.54, 1.807) is 5.92 Å². The van der Waals surface area contributed by atoms with E-state index < -0.39 is 0 Å². The molecule has 1 heteroatoms. The quantitative estimate of drug-likeness (QED) is 0.242. The molecule has 1 heterocycles. The molecule has 0 spiro atoms. The molecule has 1 rings (SSSR count). The Hall–Kier alpha value is -0.0400. The van der Waals surface area contributed by atoms with Crippen molar-refractivity contribution < 1.29 is 0 Å². The largest absolute Gasteiger partial charge is 0.316 e. The Labute approximate surface area is 166 Å². The summed E-state index contributed by atoms with van der Waals surface area (Å²) in [7, 11) is 0.